The van der Waals surface area contributed by atoms with Crippen LogP contribution >= 0.6 is 0 Å². The Kier molecular flexibility index (Phi) is 3.72. The van der Waals surface area contributed by atoms with Crippen LogP contribution in [0.3, 0.4) is 0 Å². The molecule has 2 aromatic rings. The standard InChI is InChI=1S/C17H21N3O2/c1-11(21)19-17(2,3)16-18-15(22-20-16)10-13-9-8-12-6-4-5-7-14(12)13/h4-7,13H,8-10H2,1-3H3,(H,19,21)/t13-/m1/s1. The molecule has 116 valence electrons. The number of amides is 1. The van der Waals surface area contributed by atoms with E-state index in [4.69, 9.17) is 4.52 Å². The summed E-state index contributed by atoms with van der Waals surface area (Å²) in [6.45, 7) is 5.22. The van der Waals surface area contributed by atoms with Crippen LogP contribution in [0.2, 0.25) is 0 Å². The molecule has 0 aliphatic heterocycles. The third-order valence-electron chi connectivity index (χ3n) is 4.19. The van der Waals surface area contributed by atoms with Crippen molar-refractivity contribution in [1.82, 2.24) is 15.5 Å². The lowest BCUT2D eigenvalue weighted by Crippen LogP contribution is -2.40. The summed E-state index contributed by atoms with van der Waals surface area (Å²) in [4.78, 5) is 15.7. The van der Waals surface area contributed by atoms with Gasteiger partial charge in [-0.05, 0) is 43.7 Å². The number of aryl methyl sites for hydroxylation is 1. The number of aromatic nitrogens is 2. The van der Waals surface area contributed by atoms with Crippen LogP contribution in [0.5, 0.6) is 0 Å². The van der Waals surface area contributed by atoms with E-state index in [2.05, 4.69) is 39.7 Å². The molecule has 0 unspecified atom stereocenters. The first-order valence-corrected chi connectivity index (χ1v) is 7.65. The fourth-order valence-corrected chi connectivity index (χ4v) is 3.16. The van der Waals surface area contributed by atoms with Crippen molar-refractivity contribution in [1.29, 1.82) is 0 Å². The lowest BCUT2D eigenvalue weighted by molar-refractivity contribution is -0.120. The molecule has 1 N–H and O–H groups in total. The van der Waals surface area contributed by atoms with Gasteiger partial charge in [-0.25, -0.2) is 0 Å². The van der Waals surface area contributed by atoms with Gasteiger partial charge in [-0.2, -0.15) is 4.98 Å². The van der Waals surface area contributed by atoms with Gasteiger partial charge in [0.2, 0.25) is 11.8 Å². The molecule has 0 bridgehead atoms. The lowest BCUT2D eigenvalue weighted by Gasteiger charge is -2.20. The highest BCUT2D eigenvalue weighted by atomic mass is 16.5. The van der Waals surface area contributed by atoms with Crippen LogP contribution in [0.15, 0.2) is 28.8 Å². The Morgan fingerprint density at radius 1 is 1.41 bits per heavy atom. The molecule has 1 amide bonds. The number of nitrogens with zero attached hydrogens (tertiary/aromatic N) is 2. The van der Waals surface area contributed by atoms with Gasteiger partial charge in [0.1, 0.15) is 0 Å². The number of rotatable bonds is 4. The molecule has 22 heavy (non-hydrogen) atoms. The SMILES string of the molecule is CC(=O)NC(C)(C)c1noc(C[C@H]2CCc3ccccc32)n1. The number of carbonyl (C=O) groups is 1. The molecular formula is C17H21N3O2. The van der Waals surface area contributed by atoms with E-state index in [1.165, 1.54) is 18.1 Å². The average molecular weight is 299 g/mol. The maximum atomic E-state index is 11.3. The summed E-state index contributed by atoms with van der Waals surface area (Å²) >= 11 is 0. The second kappa shape index (κ2) is 5.55. The van der Waals surface area contributed by atoms with Gasteiger partial charge in [0.05, 0.1) is 5.54 Å². The molecule has 0 saturated heterocycles. The normalized spacial score (nSPS) is 17.3. The Bertz CT molecular complexity index is 691. The predicted molar refractivity (Wildman–Crippen MR) is 82.3 cm³/mol. The van der Waals surface area contributed by atoms with Gasteiger partial charge >= 0.3 is 0 Å². The summed E-state index contributed by atoms with van der Waals surface area (Å²) in [7, 11) is 0. The second-order valence-electron chi connectivity index (χ2n) is 6.46. The first-order valence-electron chi connectivity index (χ1n) is 7.65. The molecule has 0 radical (unpaired) electrons. The third-order valence-corrected chi connectivity index (χ3v) is 4.19. The maximum absolute atomic E-state index is 11.3. The van der Waals surface area contributed by atoms with Crippen LogP contribution in [-0.2, 0) is 23.2 Å². The van der Waals surface area contributed by atoms with Crippen LogP contribution < -0.4 is 5.32 Å². The maximum Gasteiger partial charge on any atom is 0.227 e. The van der Waals surface area contributed by atoms with Gasteiger partial charge in [0, 0.05) is 13.3 Å². The number of hydrogen-bond donors (Lipinski definition) is 1. The van der Waals surface area contributed by atoms with Crippen LogP contribution in [0, 0.1) is 0 Å². The Balaban J connectivity index is 1.74. The lowest BCUT2D eigenvalue weighted by atomic mass is 9.98. The zero-order valence-electron chi connectivity index (χ0n) is 13.2. The number of hydrogen-bond acceptors (Lipinski definition) is 4. The number of fused-ring (bicyclic) bond motifs is 1. The van der Waals surface area contributed by atoms with E-state index in [1.807, 2.05) is 13.8 Å². The van der Waals surface area contributed by atoms with Crippen molar-refractivity contribution in [2.45, 2.75) is 51.5 Å². The van der Waals surface area contributed by atoms with E-state index in [-0.39, 0.29) is 5.91 Å². The van der Waals surface area contributed by atoms with Crippen molar-refractivity contribution in [2.24, 2.45) is 0 Å². The minimum Gasteiger partial charge on any atom is -0.344 e. The molecule has 1 aliphatic carbocycles. The smallest absolute Gasteiger partial charge is 0.227 e. The van der Waals surface area contributed by atoms with Crippen LogP contribution in [-0.4, -0.2) is 16.0 Å². The monoisotopic (exact) mass is 299 g/mol. The van der Waals surface area contributed by atoms with Crippen molar-refractivity contribution in [2.75, 3.05) is 0 Å². The predicted octanol–water partition coefficient (Wildman–Crippen LogP) is 2.71. The highest BCUT2D eigenvalue weighted by Crippen LogP contribution is 2.35. The summed E-state index contributed by atoms with van der Waals surface area (Å²) < 4.78 is 5.40. The molecule has 1 aliphatic rings. The zero-order chi connectivity index (χ0) is 15.7. The van der Waals surface area contributed by atoms with Gasteiger partial charge in [0.25, 0.3) is 0 Å². The van der Waals surface area contributed by atoms with E-state index in [0.29, 0.717) is 17.6 Å². The third kappa shape index (κ3) is 2.89. The van der Waals surface area contributed by atoms with E-state index in [0.717, 1.165) is 19.3 Å². The van der Waals surface area contributed by atoms with E-state index < -0.39 is 5.54 Å². The highest BCUT2D eigenvalue weighted by molar-refractivity contribution is 5.73. The molecular weight excluding hydrogens is 278 g/mol. The van der Waals surface area contributed by atoms with Crippen molar-refractivity contribution < 1.29 is 9.32 Å². The molecule has 5 nitrogen and oxygen atoms in total. The van der Waals surface area contributed by atoms with Crippen molar-refractivity contribution in [3.63, 3.8) is 0 Å². The largest absolute Gasteiger partial charge is 0.344 e. The molecule has 1 atom stereocenters. The summed E-state index contributed by atoms with van der Waals surface area (Å²) in [5.41, 5.74) is 2.19. The minimum atomic E-state index is -0.624. The van der Waals surface area contributed by atoms with Crippen molar-refractivity contribution in [3.05, 3.63) is 47.1 Å². The Morgan fingerprint density at radius 3 is 2.95 bits per heavy atom. The van der Waals surface area contributed by atoms with E-state index in [1.54, 1.807) is 0 Å². The molecule has 0 spiro atoms. The number of benzene rings is 1. The van der Waals surface area contributed by atoms with E-state index >= 15 is 0 Å². The van der Waals surface area contributed by atoms with Gasteiger partial charge in [-0.3, -0.25) is 4.79 Å². The van der Waals surface area contributed by atoms with Crippen LogP contribution in [0.1, 0.15) is 56.0 Å². The summed E-state index contributed by atoms with van der Waals surface area (Å²) in [5.74, 6) is 1.48. The van der Waals surface area contributed by atoms with Gasteiger partial charge in [0.15, 0.2) is 5.82 Å². The molecule has 3 rings (SSSR count). The van der Waals surface area contributed by atoms with E-state index in [9.17, 15) is 4.79 Å². The van der Waals surface area contributed by atoms with Gasteiger partial charge in [-0.1, -0.05) is 29.4 Å². The molecule has 1 aromatic carbocycles. The molecule has 0 saturated carbocycles. The minimum absolute atomic E-state index is 0.110. The first-order chi connectivity index (χ1) is 10.5. The fourth-order valence-electron chi connectivity index (χ4n) is 3.16. The second-order valence-corrected chi connectivity index (χ2v) is 6.46. The molecule has 1 heterocycles. The summed E-state index contributed by atoms with van der Waals surface area (Å²) in [5, 5.41) is 6.87. The Morgan fingerprint density at radius 2 is 2.18 bits per heavy atom. The summed E-state index contributed by atoms with van der Waals surface area (Å²) in [6.07, 6.45) is 2.98. The molecule has 1 aromatic heterocycles. The molecule has 0 fully saturated rings. The first kappa shape index (κ1) is 14.8. The fraction of sp³-hybridized carbons (Fsp3) is 0.471. The zero-order valence-corrected chi connectivity index (χ0v) is 13.2. The highest BCUT2D eigenvalue weighted by Gasteiger charge is 2.29. The Hall–Kier alpha value is -2.17. The topological polar surface area (TPSA) is 68.0 Å². The van der Waals surface area contributed by atoms with Crippen molar-refractivity contribution >= 4 is 5.91 Å². The number of nitrogens with one attached hydrogen (secondary N) is 1. The van der Waals surface area contributed by atoms with Gasteiger partial charge in [-0.15, -0.1) is 0 Å². The van der Waals surface area contributed by atoms with Gasteiger partial charge < -0.3 is 9.84 Å². The van der Waals surface area contributed by atoms with Crippen LogP contribution in [0.4, 0.5) is 0 Å². The van der Waals surface area contributed by atoms with Crippen molar-refractivity contribution in [3.8, 4) is 0 Å². The molecule has 5 heteroatoms. The Labute approximate surface area is 130 Å². The number of carbonyl (C=O) groups excluding carboxylic acids is 1. The average Bonchev–Trinajstić information content (AvgIpc) is 3.06. The quantitative estimate of drug-likeness (QED) is 0.942. The van der Waals surface area contributed by atoms with Crippen LogP contribution in [0.25, 0.3) is 0 Å². The summed E-state index contributed by atoms with van der Waals surface area (Å²) in [6, 6.07) is 8.54.